The number of carbonyl (C=O) groups is 1. The molecular formula is C37H48N2O6. The molecule has 3 aromatic carbocycles. The molecule has 0 spiro atoms. The van der Waals surface area contributed by atoms with Crippen LogP contribution < -0.4 is 0 Å². The molecule has 0 unspecified atom stereocenters. The fourth-order valence-electron chi connectivity index (χ4n) is 4.19. The monoisotopic (exact) mass is 616 g/mol. The van der Waals surface area contributed by atoms with Gasteiger partial charge in [0, 0.05) is 0 Å². The second-order valence-corrected chi connectivity index (χ2v) is 12.9. The Bertz CT molecular complexity index is 1420. The van der Waals surface area contributed by atoms with E-state index in [1.54, 1.807) is 31.2 Å². The number of rotatable bonds is 4. The number of carboxylic acid groups (broad SMARTS) is 1. The van der Waals surface area contributed by atoms with E-state index < -0.39 is 5.97 Å². The topological polar surface area (TPSA) is 137 Å². The molecule has 4 rings (SSSR count). The van der Waals surface area contributed by atoms with Crippen LogP contribution in [0.5, 0.6) is 0 Å². The van der Waals surface area contributed by atoms with Crippen LogP contribution in [-0.2, 0) is 27.0 Å². The zero-order valence-electron chi connectivity index (χ0n) is 27.6. The first-order valence-electron chi connectivity index (χ1n) is 15.1. The molecule has 1 fully saturated rings. The number of aliphatic hydroxyl groups excluding tert-OH is 2. The van der Waals surface area contributed by atoms with Crippen molar-refractivity contribution in [2.75, 3.05) is 0 Å². The molecule has 242 valence electrons. The highest BCUT2D eigenvalue weighted by Gasteiger charge is 2.14. The summed E-state index contributed by atoms with van der Waals surface area (Å²) in [6.45, 7) is 14.8. The number of aryl methyl sites for hydroxylation is 1. The molecule has 3 aromatic rings. The first-order valence-corrected chi connectivity index (χ1v) is 15.1. The molecule has 8 heteroatoms. The van der Waals surface area contributed by atoms with Gasteiger partial charge in [0.05, 0.1) is 29.6 Å². The van der Waals surface area contributed by atoms with Gasteiger partial charge in [0.25, 0.3) is 0 Å². The molecule has 45 heavy (non-hydrogen) atoms. The molecule has 1 aliphatic carbocycles. The van der Waals surface area contributed by atoms with Gasteiger partial charge in [-0.1, -0.05) is 103 Å². The van der Waals surface area contributed by atoms with Crippen molar-refractivity contribution >= 4 is 29.5 Å². The fraction of sp³-hybridized carbons (Fsp3) is 0.432. The molecule has 1 aliphatic rings. The van der Waals surface area contributed by atoms with Crippen LogP contribution in [0.25, 0.3) is 0 Å². The van der Waals surface area contributed by atoms with Crippen LogP contribution in [0.2, 0.25) is 0 Å². The van der Waals surface area contributed by atoms with Crippen LogP contribution in [0.4, 0.5) is 11.4 Å². The third kappa shape index (κ3) is 15.4. The molecule has 8 nitrogen and oxygen atoms in total. The summed E-state index contributed by atoms with van der Waals surface area (Å²) >= 11 is 0. The molecule has 0 atom stereocenters. The maximum atomic E-state index is 10.6. The predicted octanol–water partition coefficient (Wildman–Crippen LogP) is 8.40. The normalized spacial score (nSPS) is 12.7. The summed E-state index contributed by atoms with van der Waals surface area (Å²) in [4.78, 5) is 37.3. The van der Waals surface area contributed by atoms with Gasteiger partial charge in [-0.2, -0.15) is 9.98 Å². The van der Waals surface area contributed by atoms with E-state index in [9.17, 15) is 14.4 Å². The van der Waals surface area contributed by atoms with E-state index in [1.165, 1.54) is 43.1 Å². The van der Waals surface area contributed by atoms with Gasteiger partial charge in [-0.05, 0) is 77.1 Å². The van der Waals surface area contributed by atoms with Crippen LogP contribution in [0, 0.1) is 6.92 Å². The smallest absolute Gasteiger partial charge is 0.335 e. The number of aliphatic hydroxyl groups is 2. The van der Waals surface area contributed by atoms with Crippen molar-refractivity contribution in [3.8, 4) is 0 Å². The van der Waals surface area contributed by atoms with Crippen molar-refractivity contribution < 1.29 is 29.7 Å². The fourth-order valence-corrected chi connectivity index (χ4v) is 4.19. The summed E-state index contributed by atoms with van der Waals surface area (Å²) in [5.41, 5.74) is 5.77. The van der Waals surface area contributed by atoms with Gasteiger partial charge in [0.15, 0.2) is 0 Å². The highest BCUT2D eigenvalue weighted by atomic mass is 16.4. The third-order valence-corrected chi connectivity index (χ3v) is 7.11. The molecule has 0 saturated heterocycles. The van der Waals surface area contributed by atoms with Gasteiger partial charge in [-0.25, -0.2) is 14.4 Å². The minimum Gasteiger partial charge on any atom is -0.478 e. The largest absolute Gasteiger partial charge is 0.478 e. The van der Waals surface area contributed by atoms with Crippen LogP contribution in [0.15, 0.2) is 76.7 Å². The number of aromatic carboxylic acids is 1. The Hall–Kier alpha value is -4.19. The standard InChI is InChI=1S/C11H14O2.C11H16O.C9H6N2O2.C6H12O/c1-11(2,3)9-6-4-8(5-7-9)10(12)13;1-11(2,3)10-6-4-9(8-12)5-7-10;1-7-2-3-8(10-5-12)4-9(7)11-6-13;7-6-4-2-1-3-5-6/h4-7H,1-3H3,(H,12,13);4-7,12H,8H2,1-3H3;2-4H,1H3;6-7H,1-5H2. The molecular weight excluding hydrogens is 568 g/mol. The lowest BCUT2D eigenvalue weighted by molar-refractivity contribution is 0.0696. The maximum absolute atomic E-state index is 10.6. The van der Waals surface area contributed by atoms with Gasteiger partial charge in [0.2, 0.25) is 12.2 Å². The summed E-state index contributed by atoms with van der Waals surface area (Å²) in [7, 11) is 0. The maximum Gasteiger partial charge on any atom is 0.335 e. The molecule has 0 amide bonds. The van der Waals surface area contributed by atoms with Crippen molar-refractivity contribution in [1.29, 1.82) is 0 Å². The SMILES string of the molecule is CC(C)(C)c1ccc(C(=O)O)cc1.CC(C)(C)c1ccc(CO)cc1.Cc1ccc(N=C=O)cc1N=C=O.OC1CCCCC1. The molecule has 3 N–H and O–H groups in total. The molecule has 0 aromatic heterocycles. The van der Waals surface area contributed by atoms with E-state index in [0.717, 1.165) is 29.5 Å². The van der Waals surface area contributed by atoms with E-state index in [1.807, 2.05) is 24.3 Å². The van der Waals surface area contributed by atoms with Crippen molar-refractivity contribution in [2.24, 2.45) is 9.98 Å². The quantitative estimate of drug-likeness (QED) is 0.199. The van der Waals surface area contributed by atoms with Gasteiger partial charge in [0.1, 0.15) is 0 Å². The Labute approximate surface area is 267 Å². The van der Waals surface area contributed by atoms with E-state index in [-0.39, 0.29) is 23.5 Å². The van der Waals surface area contributed by atoms with Crippen molar-refractivity contribution in [2.45, 2.75) is 104 Å². The Morgan fingerprint density at radius 3 is 1.64 bits per heavy atom. The van der Waals surface area contributed by atoms with Crippen molar-refractivity contribution in [3.63, 3.8) is 0 Å². The summed E-state index contributed by atoms with van der Waals surface area (Å²) in [5.74, 6) is -0.875. The van der Waals surface area contributed by atoms with Crippen LogP contribution in [0.3, 0.4) is 0 Å². The average Bonchev–Trinajstić information content (AvgIpc) is 3.00. The third-order valence-electron chi connectivity index (χ3n) is 7.11. The summed E-state index contributed by atoms with van der Waals surface area (Å²) in [6.07, 6.45) is 8.76. The van der Waals surface area contributed by atoms with Crippen LogP contribution in [-0.4, -0.2) is 39.6 Å². The molecule has 0 radical (unpaired) electrons. The lowest BCUT2D eigenvalue weighted by atomic mass is 9.87. The predicted molar refractivity (Wildman–Crippen MR) is 179 cm³/mol. The number of hydrogen-bond acceptors (Lipinski definition) is 7. The Balaban J connectivity index is 0.000000306. The second-order valence-electron chi connectivity index (χ2n) is 12.9. The van der Waals surface area contributed by atoms with Crippen molar-refractivity contribution in [1.82, 2.24) is 0 Å². The van der Waals surface area contributed by atoms with E-state index in [0.29, 0.717) is 16.9 Å². The first kappa shape index (κ1) is 38.8. The lowest BCUT2D eigenvalue weighted by Gasteiger charge is -2.18. The summed E-state index contributed by atoms with van der Waals surface area (Å²) < 4.78 is 0. The van der Waals surface area contributed by atoms with Gasteiger partial charge in [-0.3, -0.25) is 0 Å². The van der Waals surface area contributed by atoms with E-state index in [2.05, 4.69) is 63.7 Å². The highest BCUT2D eigenvalue weighted by molar-refractivity contribution is 5.87. The van der Waals surface area contributed by atoms with E-state index in [4.69, 9.17) is 15.3 Å². The minimum absolute atomic E-state index is 0.0359. The van der Waals surface area contributed by atoms with E-state index >= 15 is 0 Å². The summed E-state index contributed by atoms with van der Waals surface area (Å²) in [5, 5.41) is 26.4. The Kier molecular flexibility index (Phi) is 16.6. The number of carboxylic acids is 1. The number of isocyanates is 2. The highest BCUT2D eigenvalue weighted by Crippen LogP contribution is 2.24. The van der Waals surface area contributed by atoms with Crippen molar-refractivity contribution in [3.05, 3.63) is 94.5 Å². The number of hydrogen-bond donors (Lipinski definition) is 3. The lowest BCUT2D eigenvalue weighted by Crippen LogP contribution is -2.11. The van der Waals surface area contributed by atoms with Crippen LogP contribution in [0.1, 0.15) is 106 Å². The number of nitrogens with zero attached hydrogens (tertiary/aromatic N) is 2. The molecule has 0 aliphatic heterocycles. The minimum atomic E-state index is -0.875. The van der Waals surface area contributed by atoms with Crippen LogP contribution >= 0.6 is 0 Å². The van der Waals surface area contributed by atoms with Gasteiger partial charge in [-0.15, -0.1) is 0 Å². The zero-order chi connectivity index (χ0) is 34.0. The Morgan fingerprint density at radius 1 is 0.778 bits per heavy atom. The number of benzene rings is 3. The zero-order valence-corrected chi connectivity index (χ0v) is 27.6. The Morgan fingerprint density at radius 2 is 1.27 bits per heavy atom. The molecule has 1 saturated carbocycles. The van der Waals surface area contributed by atoms with Gasteiger partial charge >= 0.3 is 5.97 Å². The average molecular weight is 617 g/mol. The second kappa shape index (κ2) is 19.3. The van der Waals surface area contributed by atoms with Gasteiger partial charge < -0.3 is 15.3 Å². The number of aliphatic imine (C=N–C) groups is 2. The molecule has 0 heterocycles. The summed E-state index contributed by atoms with van der Waals surface area (Å²) in [6, 6.07) is 20.0. The number of carbonyl (C=O) groups excluding carboxylic acids is 2. The molecule has 0 bridgehead atoms. The first-order chi connectivity index (χ1) is 21.1.